The zero-order valence-corrected chi connectivity index (χ0v) is 12.9. The van der Waals surface area contributed by atoms with Crippen molar-refractivity contribution in [2.24, 2.45) is 0 Å². The van der Waals surface area contributed by atoms with E-state index in [2.05, 4.69) is 0 Å². The molecule has 1 atom stereocenters. The molecule has 0 aromatic heterocycles. The largest absolute Gasteiger partial charge is 0.422 e. The number of alkyl halides is 3. The zero-order valence-electron chi connectivity index (χ0n) is 12.1. The fourth-order valence-electron chi connectivity index (χ4n) is 2.02. The smallest absolute Gasteiger partial charge is 0.375 e. The lowest BCUT2D eigenvalue weighted by Gasteiger charge is -2.31. The number of halogens is 4. The van der Waals surface area contributed by atoms with Crippen LogP contribution in [0.2, 0.25) is 0 Å². The van der Waals surface area contributed by atoms with Crippen LogP contribution in [0.25, 0.3) is 0 Å². The van der Waals surface area contributed by atoms with Gasteiger partial charge in [0.25, 0.3) is 0 Å². The SMILES string of the molecule is O=S(=O)(NCC(O)(c1ccccc1)C(F)(F)F)c1ccccc1F. The van der Waals surface area contributed by atoms with Gasteiger partial charge in [-0.1, -0.05) is 42.5 Å². The van der Waals surface area contributed by atoms with Crippen LogP contribution in [0.3, 0.4) is 0 Å². The molecule has 24 heavy (non-hydrogen) atoms. The molecular weight excluding hydrogens is 350 g/mol. The first-order valence-corrected chi connectivity index (χ1v) is 8.15. The lowest BCUT2D eigenvalue weighted by molar-refractivity contribution is -0.263. The summed E-state index contributed by atoms with van der Waals surface area (Å²) in [5, 5.41) is 10.1. The quantitative estimate of drug-likeness (QED) is 0.803. The summed E-state index contributed by atoms with van der Waals surface area (Å²) in [5.41, 5.74) is -3.99. The van der Waals surface area contributed by atoms with Crippen molar-refractivity contribution in [2.75, 3.05) is 6.54 Å². The minimum absolute atomic E-state index is 0.534. The molecule has 2 aromatic rings. The first-order valence-electron chi connectivity index (χ1n) is 6.67. The second-order valence-corrected chi connectivity index (χ2v) is 6.71. The fourth-order valence-corrected chi connectivity index (χ4v) is 3.16. The first kappa shape index (κ1) is 18.4. The van der Waals surface area contributed by atoms with E-state index in [0.717, 1.165) is 24.3 Å². The van der Waals surface area contributed by atoms with Crippen LogP contribution in [0.4, 0.5) is 17.6 Å². The van der Waals surface area contributed by atoms with Crippen molar-refractivity contribution in [3.8, 4) is 0 Å². The Hall–Kier alpha value is -1.97. The maximum atomic E-state index is 13.6. The van der Waals surface area contributed by atoms with E-state index in [9.17, 15) is 31.1 Å². The minimum Gasteiger partial charge on any atom is -0.375 e. The molecule has 0 bridgehead atoms. The van der Waals surface area contributed by atoms with Crippen LogP contribution >= 0.6 is 0 Å². The van der Waals surface area contributed by atoms with E-state index in [-0.39, 0.29) is 0 Å². The molecule has 0 fully saturated rings. The summed E-state index contributed by atoms with van der Waals surface area (Å²) < 4.78 is 79.1. The van der Waals surface area contributed by atoms with Gasteiger partial charge in [0.15, 0.2) is 5.60 Å². The zero-order chi connectivity index (χ0) is 18.0. The number of sulfonamides is 1. The predicted octanol–water partition coefficient (Wildman–Crippen LogP) is 2.55. The van der Waals surface area contributed by atoms with Crippen molar-refractivity contribution in [1.29, 1.82) is 0 Å². The standard InChI is InChI=1S/C15H13F4NO3S/c16-12-8-4-5-9-13(12)24(22,23)20-10-14(21,15(17,18)19)11-6-2-1-3-7-11/h1-9,20-21H,10H2. The van der Waals surface area contributed by atoms with Crippen molar-refractivity contribution in [2.45, 2.75) is 16.7 Å². The summed E-state index contributed by atoms with van der Waals surface area (Å²) in [6, 6.07) is 10.3. The highest BCUT2D eigenvalue weighted by atomic mass is 32.2. The molecule has 1 unspecified atom stereocenters. The van der Waals surface area contributed by atoms with Gasteiger partial charge in [-0.25, -0.2) is 17.5 Å². The highest BCUT2D eigenvalue weighted by Gasteiger charge is 2.55. The Kier molecular flexibility index (Phi) is 4.97. The Balaban J connectivity index is 2.35. The van der Waals surface area contributed by atoms with Crippen LogP contribution in [0.5, 0.6) is 0 Å². The highest BCUT2D eigenvalue weighted by molar-refractivity contribution is 7.89. The van der Waals surface area contributed by atoms with Gasteiger partial charge in [0.1, 0.15) is 10.7 Å². The molecule has 0 aliphatic rings. The van der Waals surface area contributed by atoms with Crippen LogP contribution < -0.4 is 4.72 Å². The molecule has 9 heteroatoms. The molecule has 0 aliphatic heterocycles. The topological polar surface area (TPSA) is 66.4 Å². The summed E-state index contributed by atoms with van der Waals surface area (Å²) in [4.78, 5) is -0.803. The molecule has 0 spiro atoms. The molecular formula is C15H13F4NO3S. The van der Waals surface area contributed by atoms with E-state index < -0.39 is 44.6 Å². The second-order valence-electron chi connectivity index (χ2n) is 4.98. The van der Waals surface area contributed by atoms with E-state index in [4.69, 9.17) is 0 Å². The molecule has 2 aromatic carbocycles. The fraction of sp³-hybridized carbons (Fsp3) is 0.200. The minimum atomic E-state index is -5.15. The monoisotopic (exact) mass is 363 g/mol. The Labute approximate surface area is 135 Å². The van der Waals surface area contributed by atoms with Crippen molar-refractivity contribution >= 4 is 10.0 Å². The average molecular weight is 363 g/mol. The van der Waals surface area contributed by atoms with Crippen LogP contribution in [-0.2, 0) is 15.6 Å². The molecule has 0 amide bonds. The van der Waals surface area contributed by atoms with Crippen molar-refractivity contribution in [3.05, 3.63) is 66.0 Å². The van der Waals surface area contributed by atoms with E-state index in [1.165, 1.54) is 30.3 Å². The lowest BCUT2D eigenvalue weighted by Crippen LogP contribution is -2.51. The molecule has 130 valence electrons. The molecule has 0 aliphatic carbocycles. The maximum absolute atomic E-state index is 13.6. The van der Waals surface area contributed by atoms with E-state index in [1.54, 1.807) is 4.72 Å². The van der Waals surface area contributed by atoms with Crippen molar-refractivity contribution < 1.29 is 31.1 Å². The third-order valence-electron chi connectivity index (χ3n) is 3.36. The van der Waals surface area contributed by atoms with Gasteiger partial charge in [-0.3, -0.25) is 0 Å². The van der Waals surface area contributed by atoms with Crippen molar-refractivity contribution in [3.63, 3.8) is 0 Å². The summed E-state index contributed by atoms with van der Waals surface area (Å²) in [7, 11) is -4.58. The first-order chi connectivity index (χ1) is 11.1. The van der Waals surface area contributed by atoms with Crippen LogP contribution in [0.1, 0.15) is 5.56 Å². The summed E-state index contributed by atoms with van der Waals surface area (Å²) in [5.74, 6) is -1.11. The van der Waals surface area contributed by atoms with E-state index in [0.29, 0.717) is 0 Å². The number of hydrogen-bond donors (Lipinski definition) is 2. The van der Waals surface area contributed by atoms with Gasteiger partial charge < -0.3 is 5.11 Å². The van der Waals surface area contributed by atoms with Crippen LogP contribution in [0, 0.1) is 5.82 Å². The lowest BCUT2D eigenvalue weighted by atomic mass is 9.93. The summed E-state index contributed by atoms with van der Waals surface area (Å²) in [6.07, 6.45) is -5.15. The van der Waals surface area contributed by atoms with E-state index in [1.807, 2.05) is 0 Å². The summed E-state index contributed by atoms with van der Waals surface area (Å²) >= 11 is 0. The van der Waals surface area contributed by atoms with Crippen LogP contribution in [0.15, 0.2) is 59.5 Å². The normalized spacial score (nSPS) is 15.0. The third-order valence-corrected chi connectivity index (χ3v) is 4.80. The maximum Gasteiger partial charge on any atom is 0.422 e. The van der Waals surface area contributed by atoms with Gasteiger partial charge >= 0.3 is 6.18 Å². The number of benzene rings is 2. The second kappa shape index (κ2) is 6.50. The Morgan fingerprint density at radius 2 is 1.50 bits per heavy atom. The van der Waals surface area contributed by atoms with Gasteiger partial charge in [0, 0.05) is 0 Å². The molecule has 0 radical (unpaired) electrons. The van der Waals surface area contributed by atoms with Crippen LogP contribution in [-0.4, -0.2) is 26.2 Å². The molecule has 0 heterocycles. The number of nitrogens with one attached hydrogen (secondary N) is 1. The van der Waals surface area contributed by atoms with Crippen molar-refractivity contribution in [1.82, 2.24) is 4.72 Å². The number of hydrogen-bond acceptors (Lipinski definition) is 3. The summed E-state index contributed by atoms with van der Waals surface area (Å²) in [6.45, 7) is -1.39. The molecule has 2 N–H and O–H groups in total. The Morgan fingerprint density at radius 1 is 0.958 bits per heavy atom. The van der Waals surface area contributed by atoms with Gasteiger partial charge in [0.2, 0.25) is 10.0 Å². The highest BCUT2D eigenvalue weighted by Crippen LogP contribution is 2.38. The van der Waals surface area contributed by atoms with Gasteiger partial charge in [-0.15, -0.1) is 0 Å². The third kappa shape index (κ3) is 3.58. The Morgan fingerprint density at radius 3 is 2.04 bits per heavy atom. The predicted molar refractivity (Wildman–Crippen MR) is 78.0 cm³/mol. The number of rotatable bonds is 5. The average Bonchev–Trinajstić information content (AvgIpc) is 2.52. The van der Waals surface area contributed by atoms with Gasteiger partial charge in [0.05, 0.1) is 6.54 Å². The van der Waals surface area contributed by atoms with Gasteiger partial charge in [-0.05, 0) is 17.7 Å². The molecule has 4 nitrogen and oxygen atoms in total. The molecule has 0 saturated carbocycles. The number of aliphatic hydroxyl groups is 1. The molecule has 0 saturated heterocycles. The molecule has 2 rings (SSSR count). The van der Waals surface area contributed by atoms with E-state index >= 15 is 0 Å². The van der Waals surface area contributed by atoms with Gasteiger partial charge in [-0.2, -0.15) is 13.2 Å². The Bertz CT molecular complexity index is 809.